The molecule has 164 valence electrons. The number of rotatable bonds is 5. The summed E-state index contributed by atoms with van der Waals surface area (Å²) in [4.78, 5) is 28.2. The van der Waals surface area contributed by atoms with E-state index in [0.29, 0.717) is 16.8 Å². The topological polar surface area (TPSA) is 61.4 Å². The first-order valence-electron chi connectivity index (χ1n) is 11.7. The van der Waals surface area contributed by atoms with E-state index in [9.17, 15) is 9.59 Å². The van der Waals surface area contributed by atoms with Gasteiger partial charge in [0.2, 0.25) is 0 Å². The molecule has 1 aliphatic carbocycles. The molecule has 0 aromatic heterocycles. The van der Waals surface area contributed by atoms with Gasteiger partial charge in [0.15, 0.2) is 0 Å². The molecule has 0 unspecified atom stereocenters. The van der Waals surface area contributed by atoms with Crippen molar-refractivity contribution in [1.82, 2.24) is 5.32 Å². The van der Waals surface area contributed by atoms with Crippen LogP contribution in [-0.2, 0) is 0 Å². The van der Waals surface area contributed by atoms with Crippen molar-refractivity contribution in [2.24, 2.45) is 5.92 Å². The van der Waals surface area contributed by atoms with Gasteiger partial charge in [-0.05, 0) is 61.9 Å². The smallest absolute Gasteiger partial charge is 0.255 e. The van der Waals surface area contributed by atoms with E-state index >= 15 is 0 Å². The molecule has 5 heteroatoms. The summed E-state index contributed by atoms with van der Waals surface area (Å²) in [6, 6.07) is 15.1. The molecule has 1 saturated carbocycles. The highest BCUT2D eigenvalue weighted by Crippen LogP contribution is 2.29. The van der Waals surface area contributed by atoms with Crippen molar-refractivity contribution in [3.05, 3.63) is 59.7 Å². The molecule has 2 amide bonds. The quantitative estimate of drug-likeness (QED) is 0.697. The van der Waals surface area contributed by atoms with Gasteiger partial charge in [0, 0.05) is 36.1 Å². The number of nitrogens with zero attached hydrogens (tertiary/aromatic N) is 1. The lowest BCUT2D eigenvalue weighted by atomic mass is 9.95. The highest BCUT2D eigenvalue weighted by atomic mass is 16.2. The Labute approximate surface area is 185 Å². The molecule has 1 saturated heterocycles. The van der Waals surface area contributed by atoms with Crippen molar-refractivity contribution in [3.63, 3.8) is 0 Å². The molecule has 2 aliphatic rings. The van der Waals surface area contributed by atoms with E-state index in [2.05, 4.69) is 22.5 Å². The molecule has 5 nitrogen and oxygen atoms in total. The van der Waals surface area contributed by atoms with Crippen LogP contribution in [0, 0.1) is 5.92 Å². The molecular weight excluding hydrogens is 386 g/mol. The third-order valence-electron chi connectivity index (χ3n) is 6.60. The minimum atomic E-state index is -0.168. The van der Waals surface area contributed by atoms with Crippen LogP contribution >= 0.6 is 0 Å². The van der Waals surface area contributed by atoms with E-state index < -0.39 is 0 Å². The normalized spacial score (nSPS) is 17.9. The van der Waals surface area contributed by atoms with Crippen molar-refractivity contribution in [2.75, 3.05) is 23.3 Å². The summed E-state index contributed by atoms with van der Waals surface area (Å²) in [7, 11) is 0. The summed E-state index contributed by atoms with van der Waals surface area (Å²) >= 11 is 0. The second-order valence-corrected chi connectivity index (χ2v) is 9.03. The predicted octanol–water partition coefficient (Wildman–Crippen LogP) is 5.24. The number of benzene rings is 2. The summed E-state index contributed by atoms with van der Waals surface area (Å²) in [5.41, 5.74) is 2.88. The molecule has 31 heavy (non-hydrogen) atoms. The molecule has 0 bridgehead atoms. The average Bonchev–Trinajstić information content (AvgIpc) is 2.81. The van der Waals surface area contributed by atoms with E-state index in [-0.39, 0.29) is 17.9 Å². The van der Waals surface area contributed by atoms with Gasteiger partial charge in [0.25, 0.3) is 11.8 Å². The second kappa shape index (κ2) is 9.99. The van der Waals surface area contributed by atoms with Gasteiger partial charge in [-0.25, -0.2) is 0 Å². The van der Waals surface area contributed by atoms with Gasteiger partial charge < -0.3 is 15.5 Å². The number of piperidine rings is 1. The molecule has 1 heterocycles. The summed E-state index contributed by atoms with van der Waals surface area (Å²) in [5, 5.41) is 6.21. The van der Waals surface area contributed by atoms with E-state index in [0.717, 1.165) is 50.4 Å². The number of hydrogen-bond donors (Lipinski definition) is 2. The Morgan fingerprint density at radius 3 is 2.29 bits per heavy atom. The van der Waals surface area contributed by atoms with Gasteiger partial charge >= 0.3 is 0 Å². The summed E-state index contributed by atoms with van der Waals surface area (Å²) in [5.74, 6) is 0.523. The maximum atomic E-state index is 13.3. The van der Waals surface area contributed by atoms with Crippen molar-refractivity contribution in [2.45, 2.75) is 57.9 Å². The zero-order valence-electron chi connectivity index (χ0n) is 18.4. The summed E-state index contributed by atoms with van der Waals surface area (Å²) in [6.45, 7) is 4.21. The molecule has 0 radical (unpaired) electrons. The van der Waals surface area contributed by atoms with E-state index in [1.807, 2.05) is 36.4 Å². The van der Waals surface area contributed by atoms with Crippen LogP contribution in [0.4, 0.5) is 11.4 Å². The summed E-state index contributed by atoms with van der Waals surface area (Å²) in [6.07, 6.45) is 7.97. The zero-order chi connectivity index (χ0) is 21.6. The van der Waals surface area contributed by atoms with Crippen LogP contribution in [0.15, 0.2) is 48.5 Å². The number of anilines is 2. The van der Waals surface area contributed by atoms with E-state index in [1.165, 1.54) is 19.3 Å². The predicted molar refractivity (Wildman–Crippen MR) is 126 cm³/mol. The SMILES string of the molecule is CC1CCN(c2ccc(NC(=O)c3ccccc3)cc2C(=O)NC2CCCCC2)CC1. The molecule has 2 aromatic carbocycles. The van der Waals surface area contributed by atoms with Crippen LogP contribution in [0.5, 0.6) is 0 Å². The van der Waals surface area contributed by atoms with Crippen molar-refractivity contribution >= 4 is 23.2 Å². The fourth-order valence-electron chi connectivity index (χ4n) is 4.62. The van der Waals surface area contributed by atoms with Crippen LogP contribution in [0.2, 0.25) is 0 Å². The largest absolute Gasteiger partial charge is 0.371 e. The molecule has 2 fully saturated rings. The Morgan fingerprint density at radius 2 is 1.58 bits per heavy atom. The highest BCUT2D eigenvalue weighted by molar-refractivity contribution is 6.06. The molecular formula is C26H33N3O2. The lowest BCUT2D eigenvalue weighted by Crippen LogP contribution is -2.38. The number of nitrogens with one attached hydrogen (secondary N) is 2. The molecule has 1 aliphatic heterocycles. The average molecular weight is 420 g/mol. The fourth-order valence-corrected chi connectivity index (χ4v) is 4.62. The maximum absolute atomic E-state index is 13.3. The lowest BCUT2D eigenvalue weighted by Gasteiger charge is -2.34. The van der Waals surface area contributed by atoms with Crippen LogP contribution in [0.25, 0.3) is 0 Å². The maximum Gasteiger partial charge on any atom is 0.255 e. The van der Waals surface area contributed by atoms with Gasteiger partial charge in [-0.3, -0.25) is 9.59 Å². The lowest BCUT2D eigenvalue weighted by molar-refractivity contribution is 0.0927. The van der Waals surface area contributed by atoms with Crippen LogP contribution in [0.3, 0.4) is 0 Å². The van der Waals surface area contributed by atoms with Crippen molar-refractivity contribution < 1.29 is 9.59 Å². The molecule has 0 spiro atoms. The monoisotopic (exact) mass is 419 g/mol. The Balaban J connectivity index is 1.57. The minimum absolute atomic E-state index is 0.0312. The molecule has 2 N–H and O–H groups in total. The number of hydrogen-bond acceptors (Lipinski definition) is 3. The van der Waals surface area contributed by atoms with Gasteiger partial charge in [-0.1, -0.05) is 44.4 Å². The first-order chi connectivity index (χ1) is 15.1. The van der Waals surface area contributed by atoms with Gasteiger partial charge in [0.05, 0.1) is 5.56 Å². The Morgan fingerprint density at radius 1 is 0.871 bits per heavy atom. The number of carbonyl (C=O) groups is 2. The number of carbonyl (C=O) groups excluding carboxylic acids is 2. The molecule has 2 aromatic rings. The van der Waals surface area contributed by atoms with Gasteiger partial charge in [0.1, 0.15) is 0 Å². The van der Waals surface area contributed by atoms with Gasteiger partial charge in [-0.2, -0.15) is 0 Å². The minimum Gasteiger partial charge on any atom is -0.371 e. The third-order valence-corrected chi connectivity index (χ3v) is 6.60. The van der Waals surface area contributed by atoms with Gasteiger partial charge in [-0.15, -0.1) is 0 Å². The highest BCUT2D eigenvalue weighted by Gasteiger charge is 2.24. The van der Waals surface area contributed by atoms with E-state index in [4.69, 9.17) is 0 Å². The Kier molecular flexibility index (Phi) is 6.90. The Hall–Kier alpha value is -2.82. The fraction of sp³-hybridized carbons (Fsp3) is 0.462. The third kappa shape index (κ3) is 5.46. The molecule has 0 atom stereocenters. The second-order valence-electron chi connectivity index (χ2n) is 9.03. The molecule has 4 rings (SSSR count). The standard InChI is InChI=1S/C26H33N3O2/c1-19-14-16-29(17-15-19)24-13-12-22(28-25(30)20-8-4-2-5-9-20)18-23(24)26(31)27-21-10-6-3-7-11-21/h2,4-5,8-9,12-13,18-19,21H,3,6-7,10-11,14-17H2,1H3,(H,27,31)(H,28,30). The van der Waals surface area contributed by atoms with Crippen LogP contribution in [-0.4, -0.2) is 30.9 Å². The van der Waals surface area contributed by atoms with Crippen LogP contribution < -0.4 is 15.5 Å². The first kappa shape index (κ1) is 21.4. The van der Waals surface area contributed by atoms with Crippen molar-refractivity contribution in [3.8, 4) is 0 Å². The summed E-state index contributed by atoms with van der Waals surface area (Å²) < 4.78 is 0. The Bertz CT molecular complexity index is 898. The first-order valence-corrected chi connectivity index (χ1v) is 11.7. The zero-order valence-corrected chi connectivity index (χ0v) is 18.4. The van der Waals surface area contributed by atoms with Crippen LogP contribution in [0.1, 0.15) is 72.6 Å². The van der Waals surface area contributed by atoms with E-state index in [1.54, 1.807) is 12.1 Å². The number of amides is 2. The van der Waals surface area contributed by atoms with Crippen molar-refractivity contribution in [1.29, 1.82) is 0 Å².